The van der Waals surface area contributed by atoms with Gasteiger partial charge < -0.3 is 15.6 Å². The molecule has 15 heavy (non-hydrogen) atoms. The number of carbonyl (C=O) groups is 1. The van der Waals surface area contributed by atoms with Crippen molar-refractivity contribution in [3.63, 3.8) is 0 Å². The van der Waals surface area contributed by atoms with Gasteiger partial charge in [0.05, 0.1) is 17.4 Å². The summed E-state index contributed by atoms with van der Waals surface area (Å²) in [4.78, 5) is 18.1. The molecule has 0 atom stereocenters. The Balaban J connectivity index is 2.11. The molecule has 78 valence electrons. The average Bonchev–Trinajstić information content (AvgIpc) is 2.72. The summed E-state index contributed by atoms with van der Waals surface area (Å²) in [7, 11) is 1.59. The number of amides is 2. The van der Waals surface area contributed by atoms with E-state index in [0.717, 1.165) is 16.6 Å². The highest BCUT2D eigenvalue weighted by Gasteiger charge is 2.00. The molecule has 0 aliphatic carbocycles. The second-order valence-corrected chi connectivity index (χ2v) is 3.19. The van der Waals surface area contributed by atoms with Gasteiger partial charge in [0.15, 0.2) is 0 Å². The Bertz CT molecular complexity index is 477. The molecule has 0 radical (unpaired) electrons. The maximum Gasteiger partial charge on any atom is 0.314 e. The van der Waals surface area contributed by atoms with E-state index in [0.29, 0.717) is 6.54 Å². The molecule has 0 saturated heterocycles. The summed E-state index contributed by atoms with van der Waals surface area (Å²) in [6.45, 7) is 0.509. The Kier molecular flexibility index (Phi) is 2.53. The van der Waals surface area contributed by atoms with E-state index in [1.807, 2.05) is 18.2 Å². The number of imidazole rings is 1. The quantitative estimate of drug-likeness (QED) is 0.682. The van der Waals surface area contributed by atoms with Crippen LogP contribution in [-0.2, 0) is 6.54 Å². The number of rotatable bonds is 2. The summed E-state index contributed by atoms with van der Waals surface area (Å²) in [5, 5.41) is 5.22. The number of hydrogen-bond acceptors (Lipinski definition) is 2. The second kappa shape index (κ2) is 4.00. The molecule has 0 aliphatic rings. The monoisotopic (exact) mass is 204 g/mol. The van der Waals surface area contributed by atoms with Crippen molar-refractivity contribution >= 4 is 17.1 Å². The largest absolute Gasteiger partial charge is 0.345 e. The molecule has 0 spiro atoms. The number of nitrogens with zero attached hydrogens (tertiary/aromatic N) is 1. The molecule has 2 amide bonds. The molecule has 0 fully saturated rings. The fraction of sp³-hybridized carbons (Fsp3) is 0.200. The van der Waals surface area contributed by atoms with E-state index in [-0.39, 0.29) is 6.03 Å². The first-order chi connectivity index (χ1) is 7.29. The van der Waals surface area contributed by atoms with Gasteiger partial charge in [-0.05, 0) is 17.7 Å². The summed E-state index contributed by atoms with van der Waals surface area (Å²) in [6, 6.07) is 5.66. The van der Waals surface area contributed by atoms with Crippen molar-refractivity contribution < 1.29 is 4.79 Å². The molecule has 5 nitrogen and oxygen atoms in total. The normalized spacial score (nSPS) is 10.2. The number of aromatic amines is 1. The van der Waals surface area contributed by atoms with Crippen molar-refractivity contribution in [2.24, 2.45) is 0 Å². The van der Waals surface area contributed by atoms with Crippen LogP contribution in [0.15, 0.2) is 24.5 Å². The van der Waals surface area contributed by atoms with Crippen LogP contribution in [0.25, 0.3) is 11.0 Å². The number of aromatic nitrogens is 2. The fourth-order valence-corrected chi connectivity index (χ4v) is 1.36. The summed E-state index contributed by atoms with van der Waals surface area (Å²) in [6.07, 6.45) is 1.65. The van der Waals surface area contributed by atoms with Gasteiger partial charge in [0.2, 0.25) is 0 Å². The van der Waals surface area contributed by atoms with Gasteiger partial charge >= 0.3 is 6.03 Å². The molecule has 1 heterocycles. The van der Waals surface area contributed by atoms with Crippen LogP contribution in [0.1, 0.15) is 5.56 Å². The first kappa shape index (κ1) is 9.51. The number of carbonyl (C=O) groups excluding carboxylic acids is 1. The Morgan fingerprint density at radius 1 is 1.53 bits per heavy atom. The molecule has 5 heteroatoms. The van der Waals surface area contributed by atoms with Crippen LogP contribution in [0.3, 0.4) is 0 Å². The third kappa shape index (κ3) is 2.07. The minimum Gasteiger partial charge on any atom is -0.345 e. The number of urea groups is 1. The third-order valence-electron chi connectivity index (χ3n) is 2.16. The molecule has 2 aromatic rings. The molecule has 0 saturated carbocycles. The molecule has 1 aromatic heterocycles. The summed E-state index contributed by atoms with van der Waals surface area (Å²) < 4.78 is 0. The van der Waals surface area contributed by atoms with Crippen molar-refractivity contribution in [3.8, 4) is 0 Å². The minimum atomic E-state index is -0.181. The number of fused-ring (bicyclic) bond motifs is 1. The molecule has 2 rings (SSSR count). The lowest BCUT2D eigenvalue weighted by atomic mass is 10.2. The van der Waals surface area contributed by atoms with E-state index in [2.05, 4.69) is 20.6 Å². The molecule has 0 bridgehead atoms. The van der Waals surface area contributed by atoms with E-state index in [4.69, 9.17) is 0 Å². The van der Waals surface area contributed by atoms with Gasteiger partial charge in [-0.15, -0.1) is 0 Å². The van der Waals surface area contributed by atoms with Gasteiger partial charge in [-0.1, -0.05) is 6.07 Å². The number of benzene rings is 1. The van der Waals surface area contributed by atoms with Crippen LogP contribution in [0, 0.1) is 0 Å². The molecular weight excluding hydrogens is 192 g/mol. The van der Waals surface area contributed by atoms with Crippen LogP contribution in [0.4, 0.5) is 4.79 Å². The number of hydrogen-bond donors (Lipinski definition) is 3. The van der Waals surface area contributed by atoms with E-state index in [1.165, 1.54) is 0 Å². The first-order valence-electron chi connectivity index (χ1n) is 4.67. The van der Waals surface area contributed by atoms with Crippen LogP contribution in [-0.4, -0.2) is 23.0 Å². The van der Waals surface area contributed by atoms with Crippen LogP contribution in [0.2, 0.25) is 0 Å². The highest BCUT2D eigenvalue weighted by atomic mass is 16.2. The third-order valence-corrected chi connectivity index (χ3v) is 2.16. The smallest absolute Gasteiger partial charge is 0.314 e. The Morgan fingerprint density at radius 3 is 3.20 bits per heavy atom. The Morgan fingerprint density at radius 2 is 2.40 bits per heavy atom. The van der Waals surface area contributed by atoms with Crippen LogP contribution < -0.4 is 10.6 Å². The molecular formula is C10H12N4O. The van der Waals surface area contributed by atoms with Crippen LogP contribution >= 0.6 is 0 Å². The van der Waals surface area contributed by atoms with Crippen molar-refractivity contribution in [3.05, 3.63) is 30.1 Å². The lowest BCUT2D eigenvalue weighted by Gasteiger charge is -2.03. The standard InChI is InChI=1S/C10H12N4O/c1-11-10(15)12-5-7-2-3-8-9(4-7)14-6-13-8/h2-4,6H,5H2,1H3,(H,13,14)(H2,11,12,15). The van der Waals surface area contributed by atoms with Crippen molar-refractivity contribution in [1.82, 2.24) is 20.6 Å². The SMILES string of the molecule is CNC(=O)NCc1ccc2nc[nH]c2c1. The van der Waals surface area contributed by atoms with Gasteiger partial charge in [0, 0.05) is 13.6 Å². The average molecular weight is 204 g/mol. The van der Waals surface area contributed by atoms with E-state index in [1.54, 1.807) is 13.4 Å². The maximum atomic E-state index is 11.0. The maximum absolute atomic E-state index is 11.0. The molecule has 3 N–H and O–H groups in total. The predicted molar refractivity (Wildman–Crippen MR) is 57.4 cm³/mol. The van der Waals surface area contributed by atoms with Gasteiger partial charge in [-0.3, -0.25) is 0 Å². The highest BCUT2D eigenvalue weighted by molar-refractivity contribution is 5.76. The second-order valence-electron chi connectivity index (χ2n) is 3.19. The summed E-state index contributed by atoms with van der Waals surface area (Å²) >= 11 is 0. The zero-order chi connectivity index (χ0) is 10.7. The highest BCUT2D eigenvalue weighted by Crippen LogP contribution is 2.11. The summed E-state index contributed by atoms with van der Waals surface area (Å²) in [5.74, 6) is 0. The topological polar surface area (TPSA) is 69.8 Å². The van der Waals surface area contributed by atoms with E-state index in [9.17, 15) is 4.79 Å². The number of nitrogens with one attached hydrogen (secondary N) is 3. The van der Waals surface area contributed by atoms with Gasteiger partial charge in [0.25, 0.3) is 0 Å². The first-order valence-corrected chi connectivity index (χ1v) is 4.67. The Labute approximate surface area is 86.9 Å². The summed E-state index contributed by atoms with van der Waals surface area (Å²) in [5.41, 5.74) is 2.94. The van der Waals surface area contributed by atoms with Crippen molar-refractivity contribution in [1.29, 1.82) is 0 Å². The van der Waals surface area contributed by atoms with Crippen LogP contribution in [0.5, 0.6) is 0 Å². The predicted octanol–water partition coefficient (Wildman–Crippen LogP) is 0.992. The lowest BCUT2D eigenvalue weighted by Crippen LogP contribution is -2.32. The van der Waals surface area contributed by atoms with Crippen molar-refractivity contribution in [2.45, 2.75) is 6.54 Å². The number of H-pyrrole nitrogens is 1. The van der Waals surface area contributed by atoms with Gasteiger partial charge in [-0.2, -0.15) is 0 Å². The van der Waals surface area contributed by atoms with E-state index >= 15 is 0 Å². The molecule has 0 aliphatic heterocycles. The van der Waals surface area contributed by atoms with Gasteiger partial charge in [-0.25, -0.2) is 9.78 Å². The molecule has 0 unspecified atom stereocenters. The fourth-order valence-electron chi connectivity index (χ4n) is 1.36. The molecule has 1 aromatic carbocycles. The van der Waals surface area contributed by atoms with Crippen molar-refractivity contribution in [2.75, 3.05) is 7.05 Å². The Hall–Kier alpha value is -2.04. The zero-order valence-corrected chi connectivity index (χ0v) is 8.37. The van der Waals surface area contributed by atoms with E-state index < -0.39 is 0 Å². The van der Waals surface area contributed by atoms with Gasteiger partial charge in [0.1, 0.15) is 0 Å². The zero-order valence-electron chi connectivity index (χ0n) is 8.37. The minimum absolute atomic E-state index is 0.181. The lowest BCUT2D eigenvalue weighted by molar-refractivity contribution is 0.242.